The predicted octanol–water partition coefficient (Wildman–Crippen LogP) is 4.20. The average Bonchev–Trinajstić information content (AvgIpc) is 2.29. The molecule has 0 aromatic heterocycles. The Morgan fingerprint density at radius 3 is 2.22 bits per heavy atom. The smallest absolute Gasteiger partial charge is 0.215 e. The number of carbonyl (C=O) groups is 1. The van der Waals surface area contributed by atoms with Crippen molar-refractivity contribution >= 4 is 40.4 Å². The topological polar surface area (TPSA) is 29.4 Å². The van der Waals surface area contributed by atoms with Gasteiger partial charge in [-0.25, -0.2) is 4.99 Å². The molecule has 0 atom stereocenters. The van der Waals surface area contributed by atoms with Crippen molar-refractivity contribution in [2.45, 2.75) is 13.8 Å². The van der Waals surface area contributed by atoms with Gasteiger partial charge in [-0.05, 0) is 37.6 Å². The molecule has 0 saturated heterocycles. The van der Waals surface area contributed by atoms with E-state index in [1.807, 2.05) is 32.0 Å². The Bertz CT molecular complexity index is 588. The normalized spacial score (nSPS) is 15.3. The molecule has 0 aliphatic heterocycles. The van der Waals surface area contributed by atoms with E-state index in [0.29, 0.717) is 5.71 Å². The van der Waals surface area contributed by atoms with Gasteiger partial charge in [-0.15, -0.1) is 0 Å². The van der Waals surface area contributed by atoms with Crippen LogP contribution in [0.5, 0.6) is 0 Å². The van der Waals surface area contributed by atoms with Crippen LogP contribution in [0.4, 0.5) is 5.69 Å². The van der Waals surface area contributed by atoms with Crippen molar-refractivity contribution in [3.8, 4) is 0 Å². The van der Waals surface area contributed by atoms with Gasteiger partial charge in [0.05, 0.1) is 21.5 Å². The fourth-order valence-corrected chi connectivity index (χ4v) is 2.16. The molecule has 0 bridgehead atoms. The molecule has 0 amide bonds. The Hall–Kier alpha value is -1.38. The predicted molar refractivity (Wildman–Crippen MR) is 75.9 cm³/mol. The molecule has 18 heavy (non-hydrogen) atoms. The molecular weight excluding hydrogens is 269 g/mol. The van der Waals surface area contributed by atoms with Crippen LogP contribution >= 0.6 is 23.2 Å². The summed E-state index contributed by atoms with van der Waals surface area (Å²) in [5.41, 5.74) is 3.66. The van der Waals surface area contributed by atoms with Crippen molar-refractivity contribution in [3.05, 3.63) is 51.5 Å². The summed E-state index contributed by atoms with van der Waals surface area (Å²) in [6.07, 6.45) is 3.05. The number of ketones is 1. The lowest BCUT2D eigenvalue weighted by atomic mass is 10.1. The number of allylic oxidation sites excluding steroid dienone is 4. The quantitative estimate of drug-likeness (QED) is 0.709. The van der Waals surface area contributed by atoms with Gasteiger partial charge < -0.3 is 0 Å². The molecule has 2 nitrogen and oxygen atoms in total. The van der Waals surface area contributed by atoms with Gasteiger partial charge in [-0.1, -0.05) is 40.9 Å². The molecule has 0 unspecified atom stereocenters. The maximum absolute atomic E-state index is 11.4. The van der Waals surface area contributed by atoms with E-state index in [-0.39, 0.29) is 15.8 Å². The van der Waals surface area contributed by atoms with Gasteiger partial charge >= 0.3 is 0 Å². The van der Waals surface area contributed by atoms with E-state index in [9.17, 15) is 4.79 Å². The van der Waals surface area contributed by atoms with Crippen LogP contribution in [0.25, 0.3) is 0 Å². The number of aliphatic imine (C=N–C) groups is 1. The van der Waals surface area contributed by atoms with Gasteiger partial charge in [0.15, 0.2) is 0 Å². The zero-order chi connectivity index (χ0) is 13.3. The lowest BCUT2D eigenvalue weighted by Crippen LogP contribution is -2.07. The Balaban J connectivity index is 2.43. The molecule has 1 aliphatic rings. The standard InChI is InChI=1S/C14H11Cl2NO/c1-8-3-4-13(9(2)5-8)17-10-6-11(15)14(18)12(16)7-10/h3-7H,1-2H3. The van der Waals surface area contributed by atoms with Crippen LogP contribution in [-0.4, -0.2) is 11.5 Å². The maximum atomic E-state index is 11.4. The van der Waals surface area contributed by atoms with Crippen LogP contribution in [0.2, 0.25) is 0 Å². The van der Waals surface area contributed by atoms with E-state index < -0.39 is 0 Å². The average molecular weight is 280 g/mol. The highest BCUT2D eigenvalue weighted by molar-refractivity contribution is 6.57. The summed E-state index contributed by atoms with van der Waals surface area (Å²) in [4.78, 5) is 15.8. The van der Waals surface area contributed by atoms with E-state index in [1.165, 1.54) is 17.7 Å². The molecule has 92 valence electrons. The van der Waals surface area contributed by atoms with Crippen molar-refractivity contribution < 1.29 is 4.79 Å². The number of hydrogen-bond acceptors (Lipinski definition) is 2. The van der Waals surface area contributed by atoms with E-state index in [1.54, 1.807) is 0 Å². The molecule has 2 rings (SSSR count). The molecule has 0 saturated carbocycles. The van der Waals surface area contributed by atoms with Gasteiger partial charge in [0.2, 0.25) is 5.78 Å². The summed E-state index contributed by atoms with van der Waals surface area (Å²) in [5, 5.41) is 0.178. The minimum Gasteiger partial charge on any atom is -0.287 e. The summed E-state index contributed by atoms with van der Waals surface area (Å²) in [6, 6.07) is 5.96. The largest absolute Gasteiger partial charge is 0.287 e. The van der Waals surface area contributed by atoms with E-state index in [0.717, 1.165) is 11.3 Å². The second-order valence-electron chi connectivity index (χ2n) is 4.14. The number of aryl methyl sites for hydroxylation is 2. The molecule has 0 spiro atoms. The second-order valence-corrected chi connectivity index (χ2v) is 4.95. The Labute approximate surface area is 116 Å². The van der Waals surface area contributed by atoms with Crippen molar-refractivity contribution in [3.63, 3.8) is 0 Å². The minimum absolute atomic E-state index is 0.0889. The molecule has 0 N–H and O–H groups in total. The number of rotatable bonds is 1. The number of nitrogens with zero attached hydrogens (tertiary/aromatic N) is 1. The van der Waals surface area contributed by atoms with Crippen LogP contribution in [0, 0.1) is 13.8 Å². The highest BCUT2D eigenvalue weighted by Gasteiger charge is 2.17. The summed E-state index contributed by atoms with van der Waals surface area (Å²) in [6.45, 7) is 4.01. The van der Waals surface area contributed by atoms with E-state index >= 15 is 0 Å². The first-order chi connectivity index (χ1) is 8.47. The van der Waals surface area contributed by atoms with Crippen LogP contribution < -0.4 is 0 Å². The zero-order valence-electron chi connectivity index (χ0n) is 10.00. The van der Waals surface area contributed by atoms with Gasteiger partial charge in [0, 0.05) is 0 Å². The van der Waals surface area contributed by atoms with E-state index in [2.05, 4.69) is 4.99 Å². The van der Waals surface area contributed by atoms with Gasteiger partial charge in [-0.3, -0.25) is 4.79 Å². The first-order valence-corrected chi connectivity index (χ1v) is 6.18. The molecule has 0 radical (unpaired) electrons. The Kier molecular flexibility index (Phi) is 3.69. The first-order valence-electron chi connectivity index (χ1n) is 5.42. The van der Waals surface area contributed by atoms with Crippen LogP contribution in [0.3, 0.4) is 0 Å². The summed E-state index contributed by atoms with van der Waals surface area (Å²) in [7, 11) is 0. The first kappa shape index (κ1) is 13.1. The fourth-order valence-electron chi connectivity index (χ4n) is 1.68. The zero-order valence-corrected chi connectivity index (χ0v) is 11.5. The fraction of sp³-hybridized carbons (Fsp3) is 0.143. The van der Waals surface area contributed by atoms with Gasteiger partial charge in [0.25, 0.3) is 0 Å². The number of benzene rings is 1. The van der Waals surface area contributed by atoms with Crippen LogP contribution in [0.1, 0.15) is 11.1 Å². The van der Waals surface area contributed by atoms with Crippen molar-refractivity contribution in [2.24, 2.45) is 4.99 Å². The highest BCUT2D eigenvalue weighted by atomic mass is 35.5. The van der Waals surface area contributed by atoms with Crippen molar-refractivity contribution in [1.82, 2.24) is 0 Å². The molecular formula is C14H11Cl2NO. The third-order valence-electron chi connectivity index (χ3n) is 2.58. The third-order valence-corrected chi connectivity index (χ3v) is 3.15. The lowest BCUT2D eigenvalue weighted by molar-refractivity contribution is -0.111. The molecule has 1 aromatic rings. The Morgan fingerprint density at radius 2 is 1.67 bits per heavy atom. The summed E-state index contributed by atoms with van der Waals surface area (Å²) < 4.78 is 0. The summed E-state index contributed by atoms with van der Waals surface area (Å²) >= 11 is 11.6. The van der Waals surface area contributed by atoms with Crippen molar-refractivity contribution in [2.75, 3.05) is 0 Å². The second kappa shape index (κ2) is 5.09. The molecule has 4 heteroatoms. The van der Waals surface area contributed by atoms with Crippen LogP contribution in [0.15, 0.2) is 45.4 Å². The van der Waals surface area contributed by atoms with E-state index in [4.69, 9.17) is 23.2 Å². The highest BCUT2D eigenvalue weighted by Crippen LogP contribution is 2.24. The number of halogens is 2. The van der Waals surface area contributed by atoms with Crippen molar-refractivity contribution in [1.29, 1.82) is 0 Å². The molecule has 0 fully saturated rings. The summed E-state index contributed by atoms with van der Waals surface area (Å²) in [5.74, 6) is -0.363. The molecule has 0 heterocycles. The number of hydrogen-bond donors (Lipinski definition) is 0. The van der Waals surface area contributed by atoms with Crippen LogP contribution in [-0.2, 0) is 4.79 Å². The Morgan fingerprint density at radius 1 is 1.06 bits per heavy atom. The maximum Gasteiger partial charge on any atom is 0.215 e. The molecule has 1 aromatic carbocycles. The number of carbonyl (C=O) groups excluding carboxylic acids is 1. The third kappa shape index (κ3) is 2.71. The monoisotopic (exact) mass is 279 g/mol. The van der Waals surface area contributed by atoms with Gasteiger partial charge in [-0.2, -0.15) is 0 Å². The SMILES string of the molecule is Cc1ccc(N=C2C=C(Cl)C(=O)C(Cl)=C2)c(C)c1. The van der Waals surface area contributed by atoms with Gasteiger partial charge in [0.1, 0.15) is 0 Å². The lowest BCUT2D eigenvalue weighted by Gasteiger charge is -2.07. The number of Topliss-reactive ketones (excluding diaryl/α,β-unsaturated/α-hetero) is 1. The molecule has 1 aliphatic carbocycles. The minimum atomic E-state index is -0.363.